The first-order valence-corrected chi connectivity index (χ1v) is 4.73. The van der Waals surface area contributed by atoms with Crippen molar-refractivity contribution < 1.29 is 0 Å². The van der Waals surface area contributed by atoms with Gasteiger partial charge in [0.15, 0.2) is 0 Å². The molecule has 1 N–H and O–H groups in total. The molecule has 2 fully saturated rings. The molecule has 0 saturated carbocycles. The van der Waals surface area contributed by atoms with Gasteiger partial charge >= 0.3 is 0 Å². The van der Waals surface area contributed by atoms with Crippen molar-refractivity contribution in [2.75, 3.05) is 26.7 Å². The number of likely N-dealkylation sites (tertiary alicyclic amines) is 1. The summed E-state index contributed by atoms with van der Waals surface area (Å²) in [7, 11) is 2.24. The molecular formula is C9H18N2. The third kappa shape index (κ3) is 1.18. The highest BCUT2D eigenvalue weighted by Gasteiger charge is 2.39. The summed E-state index contributed by atoms with van der Waals surface area (Å²) in [6.07, 6.45) is 1.30. The van der Waals surface area contributed by atoms with Crippen molar-refractivity contribution in [3.8, 4) is 0 Å². The zero-order valence-corrected chi connectivity index (χ0v) is 7.51. The minimum Gasteiger partial charge on any atom is -0.313 e. The van der Waals surface area contributed by atoms with Gasteiger partial charge in [-0.2, -0.15) is 0 Å². The van der Waals surface area contributed by atoms with E-state index in [1.807, 2.05) is 0 Å². The Morgan fingerprint density at radius 2 is 2.27 bits per heavy atom. The molecule has 0 aromatic carbocycles. The summed E-state index contributed by atoms with van der Waals surface area (Å²) in [4.78, 5) is 2.47. The molecule has 0 aliphatic carbocycles. The Kier molecular flexibility index (Phi) is 1.90. The van der Waals surface area contributed by atoms with Crippen LogP contribution in [-0.4, -0.2) is 37.6 Å². The predicted octanol–water partition coefficient (Wildman–Crippen LogP) is 0.546. The molecule has 0 aromatic heterocycles. The topological polar surface area (TPSA) is 15.3 Å². The zero-order valence-electron chi connectivity index (χ0n) is 7.51. The van der Waals surface area contributed by atoms with Gasteiger partial charge < -0.3 is 10.2 Å². The van der Waals surface area contributed by atoms with Gasteiger partial charge in [0.25, 0.3) is 0 Å². The summed E-state index contributed by atoms with van der Waals surface area (Å²) in [6, 6.07) is 0.810. The van der Waals surface area contributed by atoms with Crippen LogP contribution >= 0.6 is 0 Å². The van der Waals surface area contributed by atoms with Gasteiger partial charge in [0.1, 0.15) is 0 Å². The molecule has 2 saturated heterocycles. The van der Waals surface area contributed by atoms with Crippen LogP contribution < -0.4 is 5.32 Å². The molecule has 64 valence electrons. The van der Waals surface area contributed by atoms with E-state index in [-0.39, 0.29) is 0 Å². The Labute approximate surface area is 69.0 Å². The van der Waals surface area contributed by atoms with Gasteiger partial charge in [-0.05, 0) is 31.8 Å². The van der Waals surface area contributed by atoms with Crippen LogP contribution in [0.3, 0.4) is 0 Å². The molecule has 3 unspecified atom stereocenters. The first-order valence-electron chi connectivity index (χ1n) is 4.73. The first kappa shape index (κ1) is 7.56. The number of nitrogens with zero attached hydrogens (tertiary/aromatic N) is 1. The summed E-state index contributed by atoms with van der Waals surface area (Å²) in [6.45, 7) is 6.18. The van der Waals surface area contributed by atoms with Crippen molar-refractivity contribution in [2.45, 2.75) is 19.4 Å². The van der Waals surface area contributed by atoms with Gasteiger partial charge in [0, 0.05) is 19.1 Å². The van der Waals surface area contributed by atoms with E-state index in [1.165, 1.54) is 26.1 Å². The zero-order chi connectivity index (χ0) is 7.84. The van der Waals surface area contributed by atoms with Crippen LogP contribution in [0.4, 0.5) is 0 Å². The Hall–Kier alpha value is -0.0800. The van der Waals surface area contributed by atoms with Crippen LogP contribution in [0.1, 0.15) is 13.3 Å². The maximum Gasteiger partial charge on any atom is 0.0109 e. The molecule has 2 nitrogen and oxygen atoms in total. The number of hydrogen-bond acceptors (Lipinski definition) is 2. The summed E-state index contributed by atoms with van der Waals surface area (Å²) in [5, 5.41) is 3.60. The monoisotopic (exact) mass is 154 g/mol. The lowest BCUT2D eigenvalue weighted by Crippen LogP contribution is -2.30. The quantitative estimate of drug-likeness (QED) is 0.593. The molecular weight excluding hydrogens is 136 g/mol. The Balaban J connectivity index is 2.01. The number of fused-ring (bicyclic) bond motifs is 1. The van der Waals surface area contributed by atoms with E-state index in [0.29, 0.717) is 0 Å². The van der Waals surface area contributed by atoms with Gasteiger partial charge in [-0.15, -0.1) is 0 Å². The minimum atomic E-state index is 0.810. The smallest absolute Gasteiger partial charge is 0.0109 e. The van der Waals surface area contributed by atoms with E-state index in [9.17, 15) is 0 Å². The average molecular weight is 154 g/mol. The first-order chi connectivity index (χ1) is 5.31. The fourth-order valence-electron chi connectivity index (χ4n) is 2.69. The fraction of sp³-hybridized carbons (Fsp3) is 1.00. The van der Waals surface area contributed by atoms with Crippen molar-refractivity contribution in [3.05, 3.63) is 0 Å². The van der Waals surface area contributed by atoms with Crippen molar-refractivity contribution in [3.63, 3.8) is 0 Å². The molecule has 0 bridgehead atoms. The van der Waals surface area contributed by atoms with Gasteiger partial charge in [-0.3, -0.25) is 0 Å². The van der Waals surface area contributed by atoms with Gasteiger partial charge in [-0.1, -0.05) is 6.92 Å². The number of rotatable bonds is 1. The van der Waals surface area contributed by atoms with E-state index in [1.54, 1.807) is 0 Å². The molecule has 2 heterocycles. The minimum absolute atomic E-state index is 0.810. The molecule has 2 heteroatoms. The van der Waals surface area contributed by atoms with E-state index in [2.05, 4.69) is 24.2 Å². The summed E-state index contributed by atoms with van der Waals surface area (Å²) >= 11 is 0. The highest BCUT2D eigenvalue weighted by atomic mass is 15.2. The summed E-state index contributed by atoms with van der Waals surface area (Å²) in [5.74, 6) is 1.90. The molecule has 0 radical (unpaired) electrons. The van der Waals surface area contributed by atoms with E-state index >= 15 is 0 Å². The predicted molar refractivity (Wildman–Crippen MR) is 46.6 cm³/mol. The van der Waals surface area contributed by atoms with Gasteiger partial charge in [0.2, 0.25) is 0 Å². The second-order valence-electron chi connectivity index (χ2n) is 4.07. The molecule has 2 aliphatic rings. The third-order valence-electron chi connectivity index (χ3n) is 3.27. The van der Waals surface area contributed by atoms with Crippen LogP contribution in [0, 0.1) is 11.8 Å². The van der Waals surface area contributed by atoms with Crippen LogP contribution in [-0.2, 0) is 0 Å². The number of hydrogen-bond donors (Lipinski definition) is 1. The summed E-state index contributed by atoms with van der Waals surface area (Å²) in [5.41, 5.74) is 0. The summed E-state index contributed by atoms with van der Waals surface area (Å²) < 4.78 is 0. The standard InChI is InChI=1S/C9H18N2/c1-3-9-8-6-11(2)5-7(8)4-10-9/h7-10H,3-6H2,1-2H3. The average Bonchev–Trinajstić information content (AvgIpc) is 2.45. The molecule has 0 spiro atoms. The van der Waals surface area contributed by atoms with Crippen LogP contribution in [0.2, 0.25) is 0 Å². The lowest BCUT2D eigenvalue weighted by atomic mass is 9.93. The number of nitrogens with one attached hydrogen (secondary N) is 1. The lowest BCUT2D eigenvalue weighted by molar-refractivity contribution is 0.353. The van der Waals surface area contributed by atoms with Crippen LogP contribution in [0.5, 0.6) is 0 Å². The van der Waals surface area contributed by atoms with E-state index < -0.39 is 0 Å². The molecule has 2 aliphatic heterocycles. The SMILES string of the molecule is CCC1NCC2CN(C)CC21. The molecule has 0 aromatic rings. The largest absolute Gasteiger partial charge is 0.313 e. The Morgan fingerprint density at radius 3 is 3.00 bits per heavy atom. The third-order valence-corrected chi connectivity index (χ3v) is 3.27. The second kappa shape index (κ2) is 2.76. The van der Waals surface area contributed by atoms with Crippen molar-refractivity contribution in [1.29, 1.82) is 0 Å². The molecule has 3 atom stereocenters. The fourth-order valence-corrected chi connectivity index (χ4v) is 2.69. The maximum atomic E-state index is 3.60. The van der Waals surface area contributed by atoms with Crippen LogP contribution in [0.25, 0.3) is 0 Å². The molecule has 11 heavy (non-hydrogen) atoms. The second-order valence-corrected chi connectivity index (χ2v) is 4.07. The highest BCUT2D eigenvalue weighted by Crippen LogP contribution is 2.30. The normalized spacial score (nSPS) is 44.7. The van der Waals surface area contributed by atoms with Crippen molar-refractivity contribution >= 4 is 0 Å². The van der Waals surface area contributed by atoms with Gasteiger partial charge in [0.05, 0.1) is 0 Å². The van der Waals surface area contributed by atoms with Gasteiger partial charge in [-0.25, -0.2) is 0 Å². The van der Waals surface area contributed by atoms with E-state index in [4.69, 9.17) is 0 Å². The van der Waals surface area contributed by atoms with E-state index in [0.717, 1.165) is 17.9 Å². The van der Waals surface area contributed by atoms with Crippen molar-refractivity contribution in [1.82, 2.24) is 10.2 Å². The highest BCUT2D eigenvalue weighted by molar-refractivity contribution is 4.96. The van der Waals surface area contributed by atoms with Crippen LogP contribution in [0.15, 0.2) is 0 Å². The molecule has 2 rings (SSSR count). The Morgan fingerprint density at radius 1 is 1.45 bits per heavy atom. The maximum absolute atomic E-state index is 3.60. The Bertz CT molecular complexity index is 144. The molecule has 0 amide bonds. The van der Waals surface area contributed by atoms with Crippen molar-refractivity contribution in [2.24, 2.45) is 11.8 Å². The lowest BCUT2D eigenvalue weighted by Gasteiger charge is -2.16.